The van der Waals surface area contributed by atoms with Crippen LogP contribution in [0.15, 0.2) is 12.3 Å². The SMILES string of the molecule is CCNC(=O)CN(CC)c1ncc(C(=O)O)cc1N. The first-order valence-electron chi connectivity index (χ1n) is 6.00. The third-order valence-electron chi connectivity index (χ3n) is 2.53. The summed E-state index contributed by atoms with van der Waals surface area (Å²) in [5, 5.41) is 11.5. The molecule has 7 nitrogen and oxygen atoms in total. The molecule has 0 atom stereocenters. The van der Waals surface area contributed by atoms with Gasteiger partial charge >= 0.3 is 5.97 Å². The van der Waals surface area contributed by atoms with E-state index in [2.05, 4.69) is 10.3 Å². The zero-order valence-electron chi connectivity index (χ0n) is 11.0. The molecule has 0 aliphatic carbocycles. The van der Waals surface area contributed by atoms with E-state index in [4.69, 9.17) is 10.8 Å². The molecule has 1 amide bonds. The van der Waals surface area contributed by atoms with Gasteiger partial charge < -0.3 is 21.1 Å². The summed E-state index contributed by atoms with van der Waals surface area (Å²) in [6.07, 6.45) is 1.23. The van der Waals surface area contributed by atoms with E-state index in [9.17, 15) is 9.59 Å². The molecule has 1 rings (SSSR count). The molecular weight excluding hydrogens is 248 g/mol. The molecule has 4 N–H and O–H groups in total. The molecule has 0 saturated heterocycles. The monoisotopic (exact) mass is 266 g/mol. The first kappa shape index (κ1) is 14.7. The van der Waals surface area contributed by atoms with E-state index in [0.717, 1.165) is 0 Å². The fraction of sp³-hybridized carbons (Fsp3) is 0.417. The van der Waals surface area contributed by atoms with Gasteiger partial charge in [0.25, 0.3) is 0 Å². The predicted octanol–water partition coefficient (Wildman–Crippen LogP) is 0.324. The minimum atomic E-state index is -1.09. The number of hydrogen-bond donors (Lipinski definition) is 3. The van der Waals surface area contributed by atoms with Crippen LogP contribution in [0.2, 0.25) is 0 Å². The quantitative estimate of drug-likeness (QED) is 0.684. The van der Waals surface area contributed by atoms with Crippen molar-refractivity contribution in [2.24, 2.45) is 0 Å². The normalized spacial score (nSPS) is 10.0. The molecule has 0 bridgehead atoms. The fourth-order valence-corrected chi connectivity index (χ4v) is 1.62. The van der Waals surface area contributed by atoms with Gasteiger partial charge in [-0.1, -0.05) is 0 Å². The van der Waals surface area contributed by atoms with Crippen LogP contribution in [0.25, 0.3) is 0 Å². The van der Waals surface area contributed by atoms with Crippen molar-refractivity contribution in [1.29, 1.82) is 0 Å². The minimum absolute atomic E-state index is 0.0234. The number of nitrogens with zero attached hydrogens (tertiary/aromatic N) is 2. The Morgan fingerprint density at radius 1 is 1.47 bits per heavy atom. The van der Waals surface area contributed by atoms with Crippen molar-refractivity contribution < 1.29 is 14.7 Å². The lowest BCUT2D eigenvalue weighted by Crippen LogP contribution is -2.37. The van der Waals surface area contributed by atoms with Gasteiger partial charge in [-0.3, -0.25) is 4.79 Å². The highest BCUT2D eigenvalue weighted by Crippen LogP contribution is 2.20. The van der Waals surface area contributed by atoms with E-state index < -0.39 is 5.97 Å². The molecule has 0 spiro atoms. The Bertz CT molecular complexity index is 476. The Hall–Kier alpha value is -2.31. The van der Waals surface area contributed by atoms with E-state index in [0.29, 0.717) is 18.9 Å². The van der Waals surface area contributed by atoms with Gasteiger partial charge in [-0.05, 0) is 19.9 Å². The maximum absolute atomic E-state index is 11.6. The number of carboxylic acids is 1. The molecule has 1 aromatic rings. The summed E-state index contributed by atoms with van der Waals surface area (Å²) in [4.78, 5) is 28.1. The number of anilines is 2. The van der Waals surface area contributed by atoms with Gasteiger partial charge in [0.2, 0.25) is 5.91 Å². The van der Waals surface area contributed by atoms with Crippen molar-refractivity contribution in [3.05, 3.63) is 17.8 Å². The predicted molar refractivity (Wildman–Crippen MR) is 72.2 cm³/mol. The molecule has 0 aliphatic rings. The van der Waals surface area contributed by atoms with Crippen LogP contribution in [0.3, 0.4) is 0 Å². The Labute approximate surface area is 111 Å². The van der Waals surface area contributed by atoms with Crippen molar-refractivity contribution in [3.63, 3.8) is 0 Å². The Morgan fingerprint density at radius 2 is 2.16 bits per heavy atom. The van der Waals surface area contributed by atoms with Crippen LogP contribution >= 0.6 is 0 Å². The third kappa shape index (κ3) is 3.84. The zero-order valence-corrected chi connectivity index (χ0v) is 11.0. The molecule has 1 aromatic heterocycles. The highest BCUT2D eigenvalue weighted by molar-refractivity contribution is 5.90. The number of aromatic carboxylic acids is 1. The van der Waals surface area contributed by atoms with Crippen molar-refractivity contribution in [3.8, 4) is 0 Å². The van der Waals surface area contributed by atoms with Crippen molar-refractivity contribution in [2.75, 3.05) is 30.3 Å². The van der Waals surface area contributed by atoms with Crippen molar-refractivity contribution in [2.45, 2.75) is 13.8 Å². The Morgan fingerprint density at radius 3 is 2.63 bits per heavy atom. The van der Waals surface area contributed by atoms with E-state index in [1.807, 2.05) is 13.8 Å². The molecule has 0 aliphatic heterocycles. The molecule has 0 aromatic carbocycles. The lowest BCUT2D eigenvalue weighted by Gasteiger charge is -2.22. The number of carbonyl (C=O) groups is 2. The van der Waals surface area contributed by atoms with Crippen LogP contribution < -0.4 is 16.0 Å². The van der Waals surface area contributed by atoms with Gasteiger partial charge in [0.1, 0.15) is 0 Å². The number of rotatable bonds is 6. The van der Waals surface area contributed by atoms with Crippen LogP contribution in [0.4, 0.5) is 11.5 Å². The highest BCUT2D eigenvalue weighted by atomic mass is 16.4. The summed E-state index contributed by atoms with van der Waals surface area (Å²) in [5.74, 6) is -0.802. The molecule has 104 valence electrons. The number of nitrogens with one attached hydrogen (secondary N) is 1. The zero-order chi connectivity index (χ0) is 14.4. The number of nitrogen functional groups attached to an aromatic ring is 1. The summed E-state index contributed by atoms with van der Waals surface area (Å²) in [7, 11) is 0. The molecule has 0 radical (unpaired) electrons. The molecular formula is C12H18N4O3. The number of aromatic nitrogens is 1. The van der Waals surface area contributed by atoms with Crippen LogP contribution in [-0.2, 0) is 4.79 Å². The standard InChI is InChI=1S/C12H18N4O3/c1-3-14-10(17)7-16(4-2)11-9(13)5-8(6-15-11)12(18)19/h5-6H,3-4,7,13H2,1-2H3,(H,14,17)(H,18,19). The molecule has 19 heavy (non-hydrogen) atoms. The number of amides is 1. The Kier molecular flexibility index (Phi) is 5.11. The van der Waals surface area contributed by atoms with E-state index in [1.165, 1.54) is 12.3 Å². The summed E-state index contributed by atoms with van der Waals surface area (Å²) < 4.78 is 0. The fourth-order valence-electron chi connectivity index (χ4n) is 1.62. The molecule has 7 heteroatoms. The lowest BCUT2D eigenvalue weighted by atomic mass is 10.2. The summed E-state index contributed by atoms with van der Waals surface area (Å²) in [6.45, 7) is 4.93. The topological polar surface area (TPSA) is 109 Å². The number of hydrogen-bond acceptors (Lipinski definition) is 5. The first-order chi connectivity index (χ1) is 8.99. The van der Waals surface area contributed by atoms with E-state index >= 15 is 0 Å². The number of pyridine rings is 1. The lowest BCUT2D eigenvalue weighted by molar-refractivity contribution is -0.119. The van der Waals surface area contributed by atoms with Crippen LogP contribution in [0.1, 0.15) is 24.2 Å². The van der Waals surface area contributed by atoms with Crippen LogP contribution in [0.5, 0.6) is 0 Å². The molecule has 0 fully saturated rings. The second kappa shape index (κ2) is 6.58. The van der Waals surface area contributed by atoms with Gasteiger partial charge in [-0.25, -0.2) is 9.78 Å². The smallest absolute Gasteiger partial charge is 0.337 e. The van der Waals surface area contributed by atoms with Crippen molar-refractivity contribution >= 4 is 23.4 Å². The van der Waals surface area contributed by atoms with Crippen molar-refractivity contribution in [1.82, 2.24) is 10.3 Å². The molecule has 0 saturated carbocycles. The Balaban J connectivity index is 2.92. The maximum atomic E-state index is 11.6. The van der Waals surface area contributed by atoms with E-state index in [-0.39, 0.29) is 23.7 Å². The van der Waals surface area contributed by atoms with Gasteiger partial charge in [0.05, 0.1) is 17.8 Å². The van der Waals surface area contributed by atoms with Gasteiger partial charge in [-0.2, -0.15) is 0 Å². The average molecular weight is 266 g/mol. The number of nitrogens with two attached hydrogens (primary N) is 1. The average Bonchev–Trinajstić information content (AvgIpc) is 2.36. The van der Waals surface area contributed by atoms with Crippen LogP contribution in [-0.4, -0.2) is 41.6 Å². The molecule has 0 unspecified atom stereocenters. The summed E-state index contributed by atoms with van der Waals surface area (Å²) in [6, 6.07) is 1.34. The molecule has 1 heterocycles. The van der Waals surface area contributed by atoms with E-state index in [1.54, 1.807) is 4.90 Å². The first-order valence-corrected chi connectivity index (χ1v) is 6.00. The number of carboxylic acid groups (broad SMARTS) is 1. The summed E-state index contributed by atoms with van der Waals surface area (Å²) in [5.41, 5.74) is 6.05. The number of likely N-dealkylation sites (N-methyl/N-ethyl adjacent to an activating group) is 2. The highest BCUT2D eigenvalue weighted by Gasteiger charge is 2.15. The third-order valence-corrected chi connectivity index (χ3v) is 2.53. The van der Waals surface area contributed by atoms with Gasteiger partial charge in [0.15, 0.2) is 5.82 Å². The second-order valence-corrected chi connectivity index (χ2v) is 3.91. The van der Waals surface area contributed by atoms with Gasteiger partial charge in [0, 0.05) is 19.3 Å². The van der Waals surface area contributed by atoms with Gasteiger partial charge in [-0.15, -0.1) is 0 Å². The summed E-state index contributed by atoms with van der Waals surface area (Å²) >= 11 is 0. The number of carbonyl (C=O) groups excluding carboxylic acids is 1. The minimum Gasteiger partial charge on any atom is -0.478 e. The van der Waals surface area contributed by atoms with Crippen LogP contribution in [0, 0.1) is 0 Å². The maximum Gasteiger partial charge on any atom is 0.337 e. The largest absolute Gasteiger partial charge is 0.478 e. The second-order valence-electron chi connectivity index (χ2n) is 3.91.